The largest absolute Gasteiger partial charge is 0.333 e. The van der Waals surface area contributed by atoms with Crippen molar-refractivity contribution in [3.8, 4) is 0 Å². The number of thiophene rings is 2. The lowest BCUT2D eigenvalue weighted by Crippen LogP contribution is -2.51. The van der Waals surface area contributed by atoms with Crippen molar-refractivity contribution in [2.45, 2.75) is 75.9 Å². The Bertz CT molecular complexity index is 1470. The first-order valence-corrected chi connectivity index (χ1v) is 16.7. The minimum atomic E-state index is -0.0185. The highest BCUT2D eigenvalue weighted by Gasteiger charge is 2.41. The van der Waals surface area contributed by atoms with Crippen molar-refractivity contribution in [1.82, 2.24) is 9.80 Å². The number of nitrogens with zero attached hydrogens (tertiary/aromatic N) is 2. The summed E-state index contributed by atoms with van der Waals surface area (Å²) in [6.07, 6.45) is 8.75. The molecule has 3 heterocycles. The zero-order valence-electron chi connectivity index (χ0n) is 23.6. The lowest BCUT2D eigenvalue weighted by molar-refractivity contribution is -0.132. The molecule has 2 aromatic heterocycles. The Hall–Kier alpha value is -2.67. The van der Waals surface area contributed by atoms with E-state index in [-0.39, 0.29) is 29.8 Å². The number of hydrogen-bond donors (Lipinski definition) is 0. The van der Waals surface area contributed by atoms with Crippen molar-refractivity contribution < 1.29 is 9.59 Å². The van der Waals surface area contributed by atoms with Crippen molar-refractivity contribution in [1.29, 1.82) is 0 Å². The fourth-order valence-electron chi connectivity index (χ4n) is 7.67. The maximum absolute atomic E-state index is 13.5. The quantitative estimate of drug-likeness (QED) is 0.267. The molecule has 1 aromatic carbocycles. The molecule has 1 fully saturated rings. The highest BCUT2D eigenvalue weighted by Crippen LogP contribution is 2.47. The van der Waals surface area contributed by atoms with Crippen LogP contribution in [0.15, 0.2) is 67.1 Å². The van der Waals surface area contributed by atoms with E-state index in [0.29, 0.717) is 24.9 Å². The highest BCUT2D eigenvalue weighted by atomic mass is 35.5. The Morgan fingerprint density at radius 2 is 1.78 bits per heavy atom. The number of carbonyl (C=O) groups excluding carboxylic acids is 2. The van der Waals surface area contributed by atoms with Gasteiger partial charge >= 0.3 is 0 Å². The van der Waals surface area contributed by atoms with Gasteiger partial charge in [-0.3, -0.25) is 9.59 Å². The van der Waals surface area contributed by atoms with Crippen LogP contribution in [-0.2, 0) is 22.6 Å². The Morgan fingerprint density at radius 1 is 1.00 bits per heavy atom. The van der Waals surface area contributed by atoms with E-state index in [1.807, 2.05) is 16.2 Å². The third-order valence-electron chi connectivity index (χ3n) is 9.62. The second-order valence-electron chi connectivity index (χ2n) is 11.8. The summed E-state index contributed by atoms with van der Waals surface area (Å²) < 4.78 is 0.790. The van der Waals surface area contributed by atoms with E-state index in [9.17, 15) is 9.59 Å². The fourth-order valence-corrected chi connectivity index (χ4v) is 10.1. The number of carbonyl (C=O) groups is 2. The second-order valence-corrected chi connectivity index (χ2v) is 14.5. The molecule has 0 bridgehead atoms. The molecule has 0 N–H and O–H groups in total. The van der Waals surface area contributed by atoms with E-state index in [2.05, 4.69) is 66.8 Å². The van der Waals surface area contributed by atoms with Crippen LogP contribution < -0.4 is 0 Å². The smallest absolute Gasteiger partial charge is 0.246 e. The predicted molar refractivity (Wildman–Crippen MR) is 170 cm³/mol. The molecule has 3 aromatic rings. The van der Waals surface area contributed by atoms with Crippen molar-refractivity contribution in [2.75, 3.05) is 6.54 Å². The van der Waals surface area contributed by atoms with Gasteiger partial charge in [0.05, 0.1) is 10.9 Å². The van der Waals surface area contributed by atoms with E-state index in [1.165, 1.54) is 44.2 Å². The zero-order valence-corrected chi connectivity index (χ0v) is 25.9. The summed E-state index contributed by atoms with van der Waals surface area (Å²) in [6, 6.07) is 13.4. The van der Waals surface area contributed by atoms with Gasteiger partial charge in [-0.1, -0.05) is 49.0 Å². The molecule has 0 spiro atoms. The van der Waals surface area contributed by atoms with Gasteiger partial charge in [-0.2, -0.15) is 0 Å². The van der Waals surface area contributed by atoms with Crippen molar-refractivity contribution in [3.05, 3.63) is 103 Å². The van der Waals surface area contributed by atoms with Gasteiger partial charge < -0.3 is 9.80 Å². The molecule has 214 valence electrons. The van der Waals surface area contributed by atoms with Crippen LogP contribution in [0, 0.1) is 12.8 Å². The van der Waals surface area contributed by atoms with Gasteiger partial charge in [0, 0.05) is 46.6 Å². The molecule has 2 aliphatic carbocycles. The van der Waals surface area contributed by atoms with E-state index in [4.69, 9.17) is 11.6 Å². The normalized spacial score (nSPS) is 25.6. The summed E-state index contributed by atoms with van der Waals surface area (Å²) in [4.78, 5) is 32.8. The topological polar surface area (TPSA) is 40.6 Å². The Labute approximate surface area is 256 Å². The molecule has 0 unspecified atom stereocenters. The molecule has 41 heavy (non-hydrogen) atoms. The van der Waals surface area contributed by atoms with Gasteiger partial charge in [0.15, 0.2) is 0 Å². The van der Waals surface area contributed by atoms with Gasteiger partial charge in [-0.05, 0) is 96.9 Å². The molecule has 6 rings (SSSR count). The third-order valence-corrected chi connectivity index (χ3v) is 11.8. The molecule has 3 atom stereocenters. The van der Waals surface area contributed by atoms with Crippen LogP contribution in [0.2, 0.25) is 4.34 Å². The van der Waals surface area contributed by atoms with E-state index in [1.54, 1.807) is 11.3 Å². The summed E-state index contributed by atoms with van der Waals surface area (Å²) in [7, 11) is 0. The second kappa shape index (κ2) is 11.9. The van der Waals surface area contributed by atoms with Crippen molar-refractivity contribution in [2.24, 2.45) is 5.92 Å². The standard InChI is InChI=1S/C34H37ClN2O2S2/c1-4-33(38)36-19-29(28-18-32(35)41-31(28)20-36)22-10-12-23(13-11-22)37(34(39)5-2)24-16-27(25-9-7-6-8-21(25)3)26-14-15-40-30(26)17-24/h4-9,14-15,18,22-24,27,29H,1-2,10-13,16-17,19-20H2,3H3/t22?,23?,24-,27-,29+/m0/s1. The summed E-state index contributed by atoms with van der Waals surface area (Å²) in [5, 5.41) is 2.21. The minimum Gasteiger partial charge on any atom is -0.333 e. The molecule has 3 aliphatic rings. The molecular formula is C34H37ClN2O2S2. The first-order valence-electron chi connectivity index (χ1n) is 14.6. The number of amides is 2. The van der Waals surface area contributed by atoms with Gasteiger partial charge in [0.1, 0.15) is 0 Å². The summed E-state index contributed by atoms with van der Waals surface area (Å²) in [5.41, 5.74) is 5.42. The minimum absolute atomic E-state index is 0.0185. The number of aryl methyl sites for hydroxylation is 1. The van der Waals surface area contributed by atoms with Crippen LogP contribution in [0.3, 0.4) is 0 Å². The number of hydrogen-bond acceptors (Lipinski definition) is 4. The number of halogens is 1. The zero-order chi connectivity index (χ0) is 28.7. The maximum Gasteiger partial charge on any atom is 0.246 e. The third kappa shape index (κ3) is 5.47. The molecule has 1 aliphatic heterocycles. The van der Waals surface area contributed by atoms with Crippen LogP contribution in [0.1, 0.15) is 75.9 Å². The Balaban J connectivity index is 1.22. The van der Waals surface area contributed by atoms with Gasteiger partial charge in [0.2, 0.25) is 11.8 Å². The molecule has 0 radical (unpaired) electrons. The molecular weight excluding hydrogens is 568 g/mol. The van der Waals surface area contributed by atoms with E-state index < -0.39 is 0 Å². The molecule has 7 heteroatoms. The van der Waals surface area contributed by atoms with Gasteiger partial charge in [-0.25, -0.2) is 0 Å². The Morgan fingerprint density at radius 3 is 2.51 bits per heavy atom. The van der Waals surface area contributed by atoms with Crippen LogP contribution in [0.5, 0.6) is 0 Å². The lowest BCUT2D eigenvalue weighted by atomic mass is 9.73. The van der Waals surface area contributed by atoms with Crippen LogP contribution in [0.25, 0.3) is 0 Å². The lowest BCUT2D eigenvalue weighted by Gasteiger charge is -2.46. The van der Waals surface area contributed by atoms with E-state index >= 15 is 0 Å². The molecule has 4 nitrogen and oxygen atoms in total. The van der Waals surface area contributed by atoms with Crippen molar-refractivity contribution >= 4 is 46.1 Å². The predicted octanol–water partition coefficient (Wildman–Crippen LogP) is 8.10. The molecule has 2 amide bonds. The number of fused-ring (bicyclic) bond motifs is 2. The first-order chi connectivity index (χ1) is 19.9. The van der Waals surface area contributed by atoms with E-state index in [0.717, 1.165) is 42.9 Å². The SMILES string of the molecule is C=CC(=O)N1Cc2sc(Cl)cc2[C@@H](C2CCC(N(C(=O)C=C)[C@@H]3Cc4sccc4[C@H](c4ccccc4C)C3)CC2)C1. The van der Waals surface area contributed by atoms with Gasteiger partial charge in [0.25, 0.3) is 0 Å². The van der Waals surface area contributed by atoms with Crippen LogP contribution in [-0.4, -0.2) is 40.2 Å². The first kappa shape index (κ1) is 28.4. The highest BCUT2D eigenvalue weighted by molar-refractivity contribution is 7.16. The van der Waals surface area contributed by atoms with Gasteiger partial charge in [-0.15, -0.1) is 22.7 Å². The maximum atomic E-state index is 13.5. The number of benzene rings is 1. The Kier molecular flexibility index (Phi) is 8.26. The van der Waals surface area contributed by atoms with Crippen LogP contribution in [0.4, 0.5) is 0 Å². The summed E-state index contributed by atoms with van der Waals surface area (Å²) >= 11 is 9.87. The molecule has 1 saturated carbocycles. The summed E-state index contributed by atoms with van der Waals surface area (Å²) in [6.45, 7) is 11.1. The van der Waals surface area contributed by atoms with Crippen molar-refractivity contribution in [3.63, 3.8) is 0 Å². The monoisotopic (exact) mass is 604 g/mol. The summed E-state index contributed by atoms with van der Waals surface area (Å²) in [5.74, 6) is 1.05. The fraction of sp³-hybridized carbons (Fsp3) is 0.412. The average Bonchev–Trinajstić information content (AvgIpc) is 3.62. The average molecular weight is 605 g/mol. The molecule has 0 saturated heterocycles. The van der Waals surface area contributed by atoms with Crippen LogP contribution >= 0.6 is 34.3 Å². The number of rotatable bonds is 6.